The molecule has 1 aromatic carbocycles. The number of aliphatic imine (C=N–C) groups is 1. The maximum Gasteiger partial charge on any atom is 0.191 e. The molecule has 0 spiro atoms. The second kappa shape index (κ2) is 8.40. The molecule has 0 unspecified atom stereocenters. The number of nitrogens with one attached hydrogen (secondary N) is 2. The molecule has 1 aromatic rings. The smallest absolute Gasteiger partial charge is 0.191 e. The molecule has 0 radical (unpaired) electrons. The summed E-state index contributed by atoms with van der Waals surface area (Å²) in [7, 11) is 1.45. The summed E-state index contributed by atoms with van der Waals surface area (Å²) in [6.45, 7) is 8.35. The van der Waals surface area contributed by atoms with Crippen LogP contribution in [-0.2, 0) is 6.54 Å². The Bertz CT molecular complexity index is 447. The summed E-state index contributed by atoms with van der Waals surface area (Å²) in [4.78, 5) is 4.44. The van der Waals surface area contributed by atoms with Gasteiger partial charge >= 0.3 is 0 Å². The Balaban J connectivity index is 2.68. The van der Waals surface area contributed by atoms with Crippen molar-refractivity contribution < 1.29 is 9.13 Å². The average molecular weight is 281 g/mol. The second-order valence-electron chi connectivity index (χ2n) is 4.94. The van der Waals surface area contributed by atoms with E-state index in [0.29, 0.717) is 12.5 Å². The van der Waals surface area contributed by atoms with Gasteiger partial charge in [0.1, 0.15) is 0 Å². The van der Waals surface area contributed by atoms with E-state index in [-0.39, 0.29) is 11.6 Å². The van der Waals surface area contributed by atoms with E-state index in [2.05, 4.69) is 29.5 Å². The molecule has 0 fully saturated rings. The van der Waals surface area contributed by atoms with Crippen LogP contribution in [-0.4, -0.2) is 26.2 Å². The van der Waals surface area contributed by atoms with Crippen molar-refractivity contribution in [2.24, 2.45) is 10.9 Å². The molecule has 112 valence electrons. The first-order valence-corrected chi connectivity index (χ1v) is 6.91. The molecule has 2 N–H and O–H groups in total. The third kappa shape index (κ3) is 5.47. The van der Waals surface area contributed by atoms with Gasteiger partial charge in [-0.05, 0) is 30.5 Å². The average Bonchev–Trinajstić information content (AvgIpc) is 2.42. The topological polar surface area (TPSA) is 45.7 Å². The van der Waals surface area contributed by atoms with E-state index >= 15 is 0 Å². The van der Waals surface area contributed by atoms with Crippen LogP contribution in [0, 0.1) is 11.7 Å². The van der Waals surface area contributed by atoms with Crippen molar-refractivity contribution in [3.63, 3.8) is 0 Å². The Kier molecular flexibility index (Phi) is 6.84. The normalized spacial score (nSPS) is 11.6. The molecule has 1 rings (SSSR count). The van der Waals surface area contributed by atoms with Crippen molar-refractivity contribution in [1.29, 1.82) is 0 Å². The van der Waals surface area contributed by atoms with Gasteiger partial charge in [0.05, 0.1) is 13.7 Å². The highest BCUT2D eigenvalue weighted by Crippen LogP contribution is 2.17. The van der Waals surface area contributed by atoms with Crippen molar-refractivity contribution >= 4 is 5.96 Å². The Labute approximate surface area is 120 Å². The number of ether oxygens (including phenoxy) is 1. The van der Waals surface area contributed by atoms with Gasteiger partial charge in [0.25, 0.3) is 0 Å². The van der Waals surface area contributed by atoms with Gasteiger partial charge in [-0.15, -0.1) is 0 Å². The molecule has 0 aliphatic rings. The van der Waals surface area contributed by atoms with Gasteiger partial charge in [-0.3, -0.25) is 0 Å². The van der Waals surface area contributed by atoms with Gasteiger partial charge in [-0.2, -0.15) is 0 Å². The van der Waals surface area contributed by atoms with Gasteiger partial charge in [-0.25, -0.2) is 9.38 Å². The van der Waals surface area contributed by atoms with Crippen LogP contribution in [0.4, 0.5) is 4.39 Å². The Hall–Kier alpha value is -1.78. The quantitative estimate of drug-likeness (QED) is 0.622. The summed E-state index contributed by atoms with van der Waals surface area (Å²) in [5.41, 5.74) is 0.810. The monoisotopic (exact) mass is 281 g/mol. The molecule has 0 heterocycles. The zero-order valence-corrected chi connectivity index (χ0v) is 12.7. The van der Waals surface area contributed by atoms with E-state index in [1.54, 1.807) is 6.07 Å². The first-order valence-electron chi connectivity index (χ1n) is 6.91. The van der Waals surface area contributed by atoms with Gasteiger partial charge in [-0.1, -0.05) is 19.9 Å². The maximum absolute atomic E-state index is 13.6. The molecule has 20 heavy (non-hydrogen) atoms. The summed E-state index contributed by atoms with van der Waals surface area (Å²) in [6, 6.07) is 4.89. The van der Waals surface area contributed by atoms with Crippen LogP contribution in [0.3, 0.4) is 0 Å². The fraction of sp³-hybridized carbons (Fsp3) is 0.533. The highest BCUT2D eigenvalue weighted by atomic mass is 19.1. The number of hydrogen-bond donors (Lipinski definition) is 2. The fourth-order valence-electron chi connectivity index (χ4n) is 1.62. The third-order valence-electron chi connectivity index (χ3n) is 2.66. The third-order valence-corrected chi connectivity index (χ3v) is 2.66. The molecule has 0 aliphatic heterocycles. The van der Waals surface area contributed by atoms with Gasteiger partial charge in [0.2, 0.25) is 0 Å². The molecule has 0 aliphatic carbocycles. The molecule has 4 nitrogen and oxygen atoms in total. The highest BCUT2D eigenvalue weighted by Gasteiger charge is 2.04. The van der Waals surface area contributed by atoms with E-state index in [9.17, 15) is 4.39 Å². The minimum absolute atomic E-state index is 0.252. The molecule has 5 heteroatoms. The highest BCUT2D eigenvalue weighted by molar-refractivity contribution is 5.79. The maximum atomic E-state index is 13.6. The fourth-order valence-corrected chi connectivity index (χ4v) is 1.62. The molecule has 0 aromatic heterocycles. The van der Waals surface area contributed by atoms with Crippen molar-refractivity contribution in [1.82, 2.24) is 10.6 Å². The van der Waals surface area contributed by atoms with E-state index in [1.165, 1.54) is 13.2 Å². The second-order valence-corrected chi connectivity index (χ2v) is 4.94. The van der Waals surface area contributed by atoms with Crippen molar-refractivity contribution in [2.45, 2.75) is 27.3 Å². The number of guanidine groups is 1. The molecule has 0 amide bonds. The Morgan fingerprint density at radius 1 is 1.35 bits per heavy atom. The zero-order valence-electron chi connectivity index (χ0n) is 12.7. The summed E-state index contributed by atoms with van der Waals surface area (Å²) >= 11 is 0. The van der Waals surface area contributed by atoms with Crippen LogP contribution >= 0.6 is 0 Å². The van der Waals surface area contributed by atoms with Crippen LogP contribution in [0.2, 0.25) is 0 Å². The number of benzene rings is 1. The van der Waals surface area contributed by atoms with Crippen molar-refractivity contribution in [3.05, 3.63) is 29.6 Å². The number of rotatable bonds is 6. The van der Waals surface area contributed by atoms with E-state index in [4.69, 9.17) is 4.74 Å². The minimum atomic E-state index is -0.361. The summed E-state index contributed by atoms with van der Waals surface area (Å²) in [5.74, 6) is 1.18. The lowest BCUT2D eigenvalue weighted by molar-refractivity contribution is 0.386. The first-order chi connectivity index (χ1) is 9.56. The molecular formula is C15H24FN3O. The lowest BCUT2D eigenvalue weighted by Gasteiger charge is -2.13. The summed E-state index contributed by atoms with van der Waals surface area (Å²) < 4.78 is 18.5. The van der Waals surface area contributed by atoms with Crippen LogP contribution in [0.5, 0.6) is 5.75 Å². The molecule has 0 bridgehead atoms. The van der Waals surface area contributed by atoms with E-state index < -0.39 is 0 Å². The minimum Gasteiger partial charge on any atom is -0.494 e. The number of halogens is 1. The predicted octanol–water partition coefficient (Wildman–Crippen LogP) is 2.55. The lowest BCUT2D eigenvalue weighted by Crippen LogP contribution is -2.39. The van der Waals surface area contributed by atoms with E-state index in [1.807, 2.05) is 13.0 Å². The largest absolute Gasteiger partial charge is 0.494 e. The molecular weight excluding hydrogens is 257 g/mol. The first kappa shape index (κ1) is 16.3. The lowest BCUT2D eigenvalue weighted by atomic mass is 10.2. The number of nitrogens with zero attached hydrogens (tertiary/aromatic N) is 1. The summed E-state index contributed by atoms with van der Waals surface area (Å²) in [5, 5.41) is 6.41. The van der Waals surface area contributed by atoms with E-state index in [0.717, 1.165) is 24.6 Å². The van der Waals surface area contributed by atoms with Crippen LogP contribution < -0.4 is 15.4 Å². The number of methoxy groups -OCH3 is 1. The van der Waals surface area contributed by atoms with Crippen LogP contribution in [0.1, 0.15) is 26.3 Å². The SMILES string of the molecule is CCNC(=NCc1ccc(OC)c(F)c1)NCC(C)C. The van der Waals surface area contributed by atoms with Crippen molar-refractivity contribution in [2.75, 3.05) is 20.2 Å². The Morgan fingerprint density at radius 2 is 2.10 bits per heavy atom. The van der Waals surface area contributed by atoms with Gasteiger partial charge in [0.15, 0.2) is 17.5 Å². The molecule has 0 saturated heterocycles. The number of hydrogen-bond acceptors (Lipinski definition) is 2. The predicted molar refractivity (Wildman–Crippen MR) is 80.6 cm³/mol. The molecule has 0 saturated carbocycles. The van der Waals surface area contributed by atoms with Gasteiger partial charge in [0, 0.05) is 13.1 Å². The molecule has 0 atom stereocenters. The van der Waals surface area contributed by atoms with Crippen LogP contribution in [0.25, 0.3) is 0 Å². The van der Waals surface area contributed by atoms with Crippen molar-refractivity contribution in [3.8, 4) is 5.75 Å². The zero-order chi connectivity index (χ0) is 15.0. The Morgan fingerprint density at radius 3 is 2.65 bits per heavy atom. The van der Waals surface area contributed by atoms with Crippen LogP contribution in [0.15, 0.2) is 23.2 Å². The standard InChI is InChI=1S/C15H24FN3O/c1-5-17-15(18-9-11(2)3)19-10-12-6-7-14(20-4)13(16)8-12/h6-8,11H,5,9-10H2,1-4H3,(H2,17,18,19). The van der Waals surface area contributed by atoms with Gasteiger partial charge < -0.3 is 15.4 Å². The summed E-state index contributed by atoms with van der Waals surface area (Å²) in [6.07, 6.45) is 0.